The molecule has 168 valence electrons. The molecule has 0 atom stereocenters. The number of hydrogen-bond acceptors (Lipinski definition) is 5. The van der Waals surface area contributed by atoms with Crippen LogP contribution in [0, 0.1) is 5.92 Å². The van der Waals surface area contributed by atoms with E-state index in [0.29, 0.717) is 35.5 Å². The van der Waals surface area contributed by atoms with Gasteiger partial charge in [0.2, 0.25) is 6.79 Å². The number of alkyl halides is 2. The van der Waals surface area contributed by atoms with E-state index in [1.807, 2.05) is 6.92 Å². The summed E-state index contributed by atoms with van der Waals surface area (Å²) in [6.07, 6.45) is 3.53. The Morgan fingerprint density at radius 2 is 1.93 bits per heavy atom. The number of ether oxygens (including phenoxy) is 3. The molecule has 0 spiro atoms. The monoisotopic (exact) mass is 426 g/mol. The summed E-state index contributed by atoms with van der Waals surface area (Å²) in [6, 6.07) is 3.08. The van der Waals surface area contributed by atoms with Gasteiger partial charge >= 0.3 is 6.61 Å². The molecule has 30 heavy (non-hydrogen) atoms. The molecule has 0 saturated carbocycles. The maximum Gasteiger partial charge on any atom is 0.387 e. The molecular weight excluding hydrogens is 394 g/mol. The zero-order valence-corrected chi connectivity index (χ0v) is 17.8. The molecule has 0 bridgehead atoms. The van der Waals surface area contributed by atoms with Gasteiger partial charge in [0.15, 0.2) is 17.5 Å². The Balaban J connectivity index is 1.60. The number of fused-ring (bicyclic) bond motifs is 1. The van der Waals surface area contributed by atoms with E-state index >= 15 is 0 Å². The SMILES string of the molecule is CCCN1CCC(CNC(=NCc2cc3c(cc2OC(F)F)OCO3)NCC)CC1. The van der Waals surface area contributed by atoms with Crippen molar-refractivity contribution >= 4 is 5.96 Å². The van der Waals surface area contributed by atoms with Crippen LogP contribution in [-0.4, -0.2) is 57.0 Å². The zero-order chi connectivity index (χ0) is 21.3. The lowest BCUT2D eigenvalue weighted by molar-refractivity contribution is -0.0505. The van der Waals surface area contributed by atoms with Gasteiger partial charge in [-0.05, 0) is 57.8 Å². The Bertz CT molecular complexity index is 710. The van der Waals surface area contributed by atoms with Crippen molar-refractivity contribution in [3.05, 3.63) is 17.7 Å². The summed E-state index contributed by atoms with van der Waals surface area (Å²) in [5.41, 5.74) is 0.518. The smallest absolute Gasteiger partial charge is 0.387 e. The zero-order valence-electron chi connectivity index (χ0n) is 17.8. The third-order valence-electron chi connectivity index (χ3n) is 5.33. The predicted octanol–water partition coefficient (Wildman–Crippen LogP) is 3.19. The van der Waals surface area contributed by atoms with Crippen molar-refractivity contribution in [1.82, 2.24) is 15.5 Å². The fourth-order valence-corrected chi connectivity index (χ4v) is 3.77. The molecule has 2 heterocycles. The van der Waals surface area contributed by atoms with Crippen molar-refractivity contribution in [3.8, 4) is 17.2 Å². The molecule has 0 aliphatic carbocycles. The average molecular weight is 427 g/mol. The largest absolute Gasteiger partial charge is 0.454 e. The fraction of sp³-hybridized carbons (Fsp3) is 0.667. The number of nitrogens with one attached hydrogen (secondary N) is 2. The van der Waals surface area contributed by atoms with E-state index in [0.717, 1.165) is 19.6 Å². The van der Waals surface area contributed by atoms with Gasteiger partial charge in [-0.3, -0.25) is 0 Å². The van der Waals surface area contributed by atoms with Gasteiger partial charge in [0.25, 0.3) is 0 Å². The van der Waals surface area contributed by atoms with E-state index in [1.165, 1.54) is 31.9 Å². The molecule has 7 nitrogen and oxygen atoms in total. The standard InChI is InChI=1S/C21H32F2N4O3/c1-3-7-27-8-5-15(6-9-27)12-25-21(24-4-2)26-13-16-10-18-19(29-14-28-18)11-17(16)30-20(22)23/h10-11,15,20H,3-9,12-14H2,1-2H3,(H2,24,25,26). The van der Waals surface area contributed by atoms with Crippen LogP contribution in [-0.2, 0) is 6.54 Å². The number of rotatable bonds is 9. The van der Waals surface area contributed by atoms with Crippen LogP contribution in [0.15, 0.2) is 17.1 Å². The van der Waals surface area contributed by atoms with Crippen molar-refractivity contribution < 1.29 is 23.0 Å². The molecule has 0 radical (unpaired) electrons. The average Bonchev–Trinajstić information content (AvgIpc) is 3.18. The van der Waals surface area contributed by atoms with Crippen LogP contribution < -0.4 is 24.8 Å². The number of nitrogens with zero attached hydrogens (tertiary/aromatic N) is 2. The second kappa shape index (κ2) is 11.2. The lowest BCUT2D eigenvalue weighted by Crippen LogP contribution is -2.43. The molecule has 0 aromatic heterocycles. The molecular formula is C21H32F2N4O3. The molecule has 1 fully saturated rings. The number of guanidine groups is 1. The van der Waals surface area contributed by atoms with E-state index in [4.69, 9.17) is 9.47 Å². The van der Waals surface area contributed by atoms with E-state index in [1.54, 1.807) is 6.07 Å². The van der Waals surface area contributed by atoms with Gasteiger partial charge in [-0.2, -0.15) is 8.78 Å². The van der Waals surface area contributed by atoms with Gasteiger partial charge in [0, 0.05) is 24.7 Å². The fourth-order valence-electron chi connectivity index (χ4n) is 3.77. The Kier molecular flexibility index (Phi) is 8.36. The maximum absolute atomic E-state index is 12.8. The molecule has 9 heteroatoms. The summed E-state index contributed by atoms with van der Waals surface area (Å²) in [7, 11) is 0. The molecule has 1 saturated heterocycles. The van der Waals surface area contributed by atoms with Crippen molar-refractivity contribution in [1.29, 1.82) is 0 Å². The summed E-state index contributed by atoms with van der Waals surface area (Å²) in [5.74, 6) is 2.23. The van der Waals surface area contributed by atoms with Crippen LogP contribution >= 0.6 is 0 Å². The summed E-state index contributed by atoms with van der Waals surface area (Å²) >= 11 is 0. The maximum atomic E-state index is 12.8. The van der Waals surface area contributed by atoms with Crippen LogP contribution in [0.3, 0.4) is 0 Å². The highest BCUT2D eigenvalue weighted by Gasteiger charge is 2.21. The Labute approximate surface area is 176 Å². The minimum atomic E-state index is -2.92. The van der Waals surface area contributed by atoms with Gasteiger partial charge in [-0.15, -0.1) is 0 Å². The van der Waals surface area contributed by atoms with Gasteiger partial charge < -0.3 is 29.7 Å². The quantitative estimate of drug-likeness (QED) is 0.467. The lowest BCUT2D eigenvalue weighted by atomic mass is 9.97. The Hall–Kier alpha value is -2.29. The number of aliphatic imine (C=N–C) groups is 1. The number of halogens is 2. The Morgan fingerprint density at radius 3 is 2.60 bits per heavy atom. The van der Waals surface area contributed by atoms with E-state index < -0.39 is 6.61 Å². The first-order valence-electron chi connectivity index (χ1n) is 10.7. The summed E-state index contributed by atoms with van der Waals surface area (Å²) in [4.78, 5) is 7.08. The van der Waals surface area contributed by atoms with Crippen LogP contribution in [0.25, 0.3) is 0 Å². The molecule has 2 aliphatic heterocycles. The second-order valence-electron chi connectivity index (χ2n) is 7.55. The van der Waals surface area contributed by atoms with Gasteiger partial charge in [-0.25, -0.2) is 4.99 Å². The topological polar surface area (TPSA) is 67.4 Å². The van der Waals surface area contributed by atoms with Gasteiger partial charge in [0.05, 0.1) is 6.54 Å². The highest BCUT2D eigenvalue weighted by atomic mass is 19.3. The van der Waals surface area contributed by atoms with Crippen LogP contribution in [0.2, 0.25) is 0 Å². The van der Waals surface area contributed by atoms with Crippen molar-refractivity contribution in [2.45, 2.75) is 46.3 Å². The number of hydrogen-bond donors (Lipinski definition) is 2. The number of likely N-dealkylation sites (tertiary alicyclic amines) is 1. The van der Waals surface area contributed by atoms with E-state index in [9.17, 15) is 8.78 Å². The minimum absolute atomic E-state index is 0.0529. The van der Waals surface area contributed by atoms with E-state index in [2.05, 4.69) is 32.2 Å². The van der Waals surface area contributed by atoms with Crippen LogP contribution in [0.4, 0.5) is 8.78 Å². The predicted molar refractivity (Wildman–Crippen MR) is 111 cm³/mol. The molecule has 0 unspecified atom stereocenters. The van der Waals surface area contributed by atoms with Crippen molar-refractivity contribution in [3.63, 3.8) is 0 Å². The normalized spacial score (nSPS) is 17.4. The minimum Gasteiger partial charge on any atom is -0.454 e. The van der Waals surface area contributed by atoms with E-state index in [-0.39, 0.29) is 19.1 Å². The van der Waals surface area contributed by atoms with Crippen LogP contribution in [0.1, 0.15) is 38.7 Å². The summed E-state index contributed by atoms with van der Waals surface area (Å²) in [5, 5.41) is 6.61. The van der Waals surface area contributed by atoms with Crippen molar-refractivity contribution in [2.24, 2.45) is 10.9 Å². The van der Waals surface area contributed by atoms with Gasteiger partial charge in [0.1, 0.15) is 5.75 Å². The first kappa shape index (κ1) is 22.4. The van der Waals surface area contributed by atoms with Gasteiger partial charge in [-0.1, -0.05) is 6.92 Å². The van der Waals surface area contributed by atoms with Crippen molar-refractivity contribution in [2.75, 3.05) is 39.5 Å². The highest BCUT2D eigenvalue weighted by molar-refractivity contribution is 5.79. The highest BCUT2D eigenvalue weighted by Crippen LogP contribution is 2.39. The third kappa shape index (κ3) is 6.35. The summed E-state index contributed by atoms with van der Waals surface area (Å²) in [6.45, 7) is 6.53. The first-order chi connectivity index (χ1) is 14.6. The molecule has 2 N–H and O–H groups in total. The molecule has 1 aromatic carbocycles. The third-order valence-corrected chi connectivity index (χ3v) is 5.33. The molecule has 0 amide bonds. The summed E-state index contributed by atoms with van der Waals surface area (Å²) < 4.78 is 40.9. The molecule has 3 rings (SSSR count). The number of benzene rings is 1. The Morgan fingerprint density at radius 1 is 1.20 bits per heavy atom. The lowest BCUT2D eigenvalue weighted by Gasteiger charge is -2.32. The molecule has 1 aromatic rings. The number of piperidine rings is 1. The second-order valence-corrected chi connectivity index (χ2v) is 7.55. The first-order valence-corrected chi connectivity index (χ1v) is 10.7. The van der Waals surface area contributed by atoms with Crippen LogP contribution in [0.5, 0.6) is 17.2 Å². The molecule has 2 aliphatic rings.